The number of fused-ring (bicyclic) bond motifs is 1. The topological polar surface area (TPSA) is 64.3 Å². The Morgan fingerprint density at radius 3 is 2.88 bits per heavy atom. The number of hydrogen-bond acceptors (Lipinski definition) is 3. The van der Waals surface area contributed by atoms with Crippen LogP contribution in [0.3, 0.4) is 0 Å². The van der Waals surface area contributed by atoms with Gasteiger partial charge in [-0.25, -0.2) is 0 Å². The molecule has 2 rings (SSSR count). The number of halogens is 2. The number of nitrogen functional groups attached to an aromatic ring is 1. The Kier molecular flexibility index (Phi) is 2.86. The predicted octanol–water partition coefficient (Wildman–Crippen LogP) is 2.69. The van der Waals surface area contributed by atoms with E-state index in [0.717, 1.165) is 0 Å². The molecule has 0 bridgehead atoms. The highest BCUT2D eigenvalue weighted by Crippen LogP contribution is 2.45. The molecule has 86 valence electrons. The summed E-state index contributed by atoms with van der Waals surface area (Å²) in [6.07, 6.45) is -0.00328. The van der Waals surface area contributed by atoms with Gasteiger partial charge in [-0.2, -0.15) is 0 Å². The molecule has 0 radical (unpaired) electrons. The number of nitrogens with two attached hydrogens (primary N) is 1. The molecule has 0 spiro atoms. The SMILES string of the molecule is CCC1Oc2c(Cl)c(N)cc(Cl)c2NC1=O. The summed E-state index contributed by atoms with van der Waals surface area (Å²) in [6, 6.07) is 1.48. The van der Waals surface area contributed by atoms with Crippen molar-refractivity contribution >= 4 is 40.5 Å². The van der Waals surface area contributed by atoms with Crippen LogP contribution in [0.4, 0.5) is 11.4 Å². The molecule has 1 atom stereocenters. The number of hydrogen-bond donors (Lipinski definition) is 2. The molecule has 6 heteroatoms. The largest absolute Gasteiger partial charge is 0.477 e. The van der Waals surface area contributed by atoms with Gasteiger partial charge in [-0.05, 0) is 12.5 Å². The maximum atomic E-state index is 11.6. The minimum Gasteiger partial charge on any atom is -0.477 e. The Morgan fingerprint density at radius 1 is 1.56 bits per heavy atom. The van der Waals surface area contributed by atoms with Crippen LogP contribution in [0.5, 0.6) is 5.75 Å². The standard InChI is InChI=1S/C10H10Cl2N2O2/c1-2-6-10(15)14-8-4(11)3-5(13)7(12)9(8)16-6/h3,6H,2,13H2,1H3,(H,14,15). The minimum atomic E-state index is -0.553. The molecule has 0 fully saturated rings. The van der Waals surface area contributed by atoms with Crippen LogP contribution in [0.2, 0.25) is 10.0 Å². The summed E-state index contributed by atoms with van der Waals surface area (Å²) in [7, 11) is 0. The highest BCUT2D eigenvalue weighted by Gasteiger charge is 2.30. The molecule has 1 heterocycles. The molecule has 0 aromatic heterocycles. The number of nitrogens with one attached hydrogen (secondary N) is 1. The van der Waals surface area contributed by atoms with Gasteiger partial charge in [-0.1, -0.05) is 30.1 Å². The lowest BCUT2D eigenvalue weighted by atomic mass is 10.1. The van der Waals surface area contributed by atoms with E-state index in [-0.39, 0.29) is 10.9 Å². The summed E-state index contributed by atoms with van der Waals surface area (Å²) in [5, 5.41) is 3.26. The Hall–Kier alpha value is -1.13. The Morgan fingerprint density at radius 2 is 2.25 bits per heavy atom. The summed E-state index contributed by atoms with van der Waals surface area (Å²) in [4.78, 5) is 11.6. The third kappa shape index (κ3) is 1.68. The molecule has 0 saturated heterocycles. The zero-order valence-electron chi connectivity index (χ0n) is 8.51. The second kappa shape index (κ2) is 4.03. The number of ether oxygens (including phenoxy) is 1. The first kappa shape index (κ1) is 11.4. The van der Waals surface area contributed by atoms with Crippen molar-refractivity contribution in [3.05, 3.63) is 16.1 Å². The Balaban J connectivity index is 2.55. The number of rotatable bonds is 1. The van der Waals surface area contributed by atoms with E-state index in [2.05, 4.69) is 5.32 Å². The van der Waals surface area contributed by atoms with E-state index < -0.39 is 6.10 Å². The fourth-order valence-corrected chi connectivity index (χ4v) is 1.96. The monoisotopic (exact) mass is 260 g/mol. The summed E-state index contributed by atoms with van der Waals surface area (Å²) < 4.78 is 5.48. The van der Waals surface area contributed by atoms with Gasteiger partial charge in [-0.3, -0.25) is 4.79 Å². The third-order valence-corrected chi connectivity index (χ3v) is 3.06. The van der Waals surface area contributed by atoms with E-state index in [4.69, 9.17) is 33.7 Å². The molecule has 1 aromatic rings. The average molecular weight is 261 g/mol. The van der Waals surface area contributed by atoms with E-state index in [1.54, 1.807) is 0 Å². The summed E-state index contributed by atoms with van der Waals surface area (Å²) in [6.45, 7) is 1.84. The third-order valence-electron chi connectivity index (χ3n) is 2.37. The molecule has 1 amide bonds. The lowest BCUT2D eigenvalue weighted by molar-refractivity contribution is -0.123. The van der Waals surface area contributed by atoms with Crippen molar-refractivity contribution in [1.29, 1.82) is 0 Å². The molecule has 16 heavy (non-hydrogen) atoms. The van der Waals surface area contributed by atoms with Gasteiger partial charge in [0.05, 0.1) is 10.7 Å². The van der Waals surface area contributed by atoms with Crippen LogP contribution in [0, 0.1) is 0 Å². The Bertz CT molecular complexity index is 463. The first-order chi connectivity index (χ1) is 7.54. The zero-order valence-corrected chi connectivity index (χ0v) is 10.0. The average Bonchev–Trinajstić information content (AvgIpc) is 2.25. The summed E-state index contributed by atoms with van der Waals surface area (Å²) in [5.41, 5.74) is 6.37. The fourth-order valence-electron chi connectivity index (χ4n) is 1.52. The predicted molar refractivity (Wildman–Crippen MR) is 64.2 cm³/mol. The number of anilines is 2. The molecule has 0 aliphatic carbocycles. The minimum absolute atomic E-state index is 0.224. The highest BCUT2D eigenvalue weighted by atomic mass is 35.5. The number of benzene rings is 1. The van der Waals surface area contributed by atoms with E-state index >= 15 is 0 Å². The molecule has 1 aromatic carbocycles. The smallest absolute Gasteiger partial charge is 0.265 e. The first-order valence-corrected chi connectivity index (χ1v) is 5.55. The summed E-state index contributed by atoms with van der Waals surface area (Å²) in [5.74, 6) is 0.121. The summed E-state index contributed by atoms with van der Waals surface area (Å²) >= 11 is 11.9. The first-order valence-electron chi connectivity index (χ1n) is 4.79. The molecule has 1 unspecified atom stereocenters. The van der Waals surface area contributed by atoms with Crippen LogP contribution in [-0.2, 0) is 4.79 Å². The lowest BCUT2D eigenvalue weighted by Gasteiger charge is -2.26. The zero-order chi connectivity index (χ0) is 11.9. The van der Waals surface area contributed by atoms with Gasteiger partial charge >= 0.3 is 0 Å². The van der Waals surface area contributed by atoms with Crippen LogP contribution >= 0.6 is 23.2 Å². The van der Waals surface area contributed by atoms with E-state index in [0.29, 0.717) is 28.6 Å². The normalized spacial score (nSPS) is 18.7. The van der Waals surface area contributed by atoms with Gasteiger partial charge in [0.1, 0.15) is 10.7 Å². The molecule has 1 aliphatic heterocycles. The molecular weight excluding hydrogens is 251 g/mol. The maximum Gasteiger partial charge on any atom is 0.265 e. The van der Waals surface area contributed by atoms with Crippen molar-refractivity contribution in [3.63, 3.8) is 0 Å². The van der Waals surface area contributed by atoms with Crippen molar-refractivity contribution in [3.8, 4) is 5.75 Å². The second-order valence-corrected chi connectivity index (χ2v) is 4.25. The van der Waals surface area contributed by atoms with Gasteiger partial charge in [-0.15, -0.1) is 0 Å². The van der Waals surface area contributed by atoms with Crippen molar-refractivity contribution < 1.29 is 9.53 Å². The van der Waals surface area contributed by atoms with Crippen LogP contribution < -0.4 is 15.8 Å². The van der Waals surface area contributed by atoms with Crippen molar-refractivity contribution in [2.24, 2.45) is 0 Å². The van der Waals surface area contributed by atoms with E-state index in [1.807, 2.05) is 6.92 Å². The van der Waals surface area contributed by atoms with Crippen LogP contribution in [0.25, 0.3) is 0 Å². The van der Waals surface area contributed by atoms with Crippen molar-refractivity contribution in [2.75, 3.05) is 11.1 Å². The number of amides is 1. The quantitative estimate of drug-likeness (QED) is 0.764. The van der Waals surface area contributed by atoms with E-state index in [1.165, 1.54) is 6.07 Å². The lowest BCUT2D eigenvalue weighted by Crippen LogP contribution is -2.36. The molecule has 1 aliphatic rings. The van der Waals surface area contributed by atoms with Crippen LogP contribution in [-0.4, -0.2) is 12.0 Å². The van der Waals surface area contributed by atoms with Gasteiger partial charge in [0.25, 0.3) is 5.91 Å². The van der Waals surface area contributed by atoms with E-state index in [9.17, 15) is 4.79 Å². The van der Waals surface area contributed by atoms with Crippen LogP contribution in [0.1, 0.15) is 13.3 Å². The molecule has 0 saturated carbocycles. The maximum absolute atomic E-state index is 11.6. The highest BCUT2D eigenvalue weighted by molar-refractivity contribution is 6.39. The number of carbonyl (C=O) groups excluding carboxylic acids is 1. The van der Waals surface area contributed by atoms with Gasteiger partial charge in [0.15, 0.2) is 11.9 Å². The van der Waals surface area contributed by atoms with Gasteiger partial charge in [0.2, 0.25) is 0 Å². The van der Waals surface area contributed by atoms with Crippen molar-refractivity contribution in [2.45, 2.75) is 19.4 Å². The fraction of sp³-hybridized carbons (Fsp3) is 0.300. The van der Waals surface area contributed by atoms with Gasteiger partial charge < -0.3 is 15.8 Å². The van der Waals surface area contributed by atoms with Crippen molar-refractivity contribution in [1.82, 2.24) is 0 Å². The van der Waals surface area contributed by atoms with Gasteiger partial charge in [0, 0.05) is 0 Å². The second-order valence-electron chi connectivity index (χ2n) is 3.47. The number of carbonyl (C=O) groups is 1. The molecule has 4 nitrogen and oxygen atoms in total. The molecular formula is C10H10Cl2N2O2. The van der Waals surface area contributed by atoms with Crippen LogP contribution in [0.15, 0.2) is 6.07 Å². The molecule has 3 N–H and O–H groups in total. The Labute approximate surface area is 103 Å².